The molecule has 2 N–H and O–H groups in total. The minimum Gasteiger partial charge on any atom is -0.465 e. The van der Waals surface area contributed by atoms with Crippen molar-refractivity contribution < 1.29 is 23.2 Å². The molecule has 3 atom stereocenters. The van der Waals surface area contributed by atoms with Crippen LogP contribution in [-0.2, 0) is 9.84 Å². The molecule has 0 radical (unpaired) electrons. The van der Waals surface area contributed by atoms with Crippen LogP contribution in [0.25, 0.3) is 0 Å². The van der Waals surface area contributed by atoms with Crippen molar-refractivity contribution in [2.75, 3.05) is 11.6 Å². The Bertz CT molecular complexity index is 811. The Hall–Kier alpha value is -2.36. The van der Waals surface area contributed by atoms with Crippen molar-refractivity contribution in [2.45, 2.75) is 48.7 Å². The lowest BCUT2D eigenvalue weighted by molar-refractivity contribution is -0.384. The van der Waals surface area contributed by atoms with E-state index in [1.807, 2.05) is 0 Å². The number of nitro groups is 1. The lowest BCUT2D eigenvalue weighted by atomic mass is 9.97. The predicted molar refractivity (Wildman–Crippen MR) is 89.5 cm³/mol. The van der Waals surface area contributed by atoms with Gasteiger partial charge in [0, 0.05) is 30.4 Å². The Labute approximate surface area is 144 Å². The van der Waals surface area contributed by atoms with E-state index in [-0.39, 0.29) is 34.4 Å². The molecule has 1 aromatic carbocycles. The molecule has 1 unspecified atom stereocenters. The van der Waals surface area contributed by atoms with E-state index in [2.05, 4.69) is 5.32 Å². The van der Waals surface area contributed by atoms with Gasteiger partial charge in [-0.25, -0.2) is 13.2 Å². The molecular formula is C15H19N3O6S. The third-order valence-corrected chi connectivity index (χ3v) is 6.02. The van der Waals surface area contributed by atoms with Gasteiger partial charge in [0.25, 0.3) is 5.69 Å². The largest absolute Gasteiger partial charge is 0.465 e. The number of hydrogen-bond donors (Lipinski definition) is 2. The maximum atomic E-state index is 11.6. The van der Waals surface area contributed by atoms with E-state index in [0.29, 0.717) is 12.8 Å². The highest BCUT2D eigenvalue weighted by molar-refractivity contribution is 7.90. The third-order valence-electron chi connectivity index (χ3n) is 4.91. The number of nitrogens with one attached hydrogen (secondary N) is 1. The van der Waals surface area contributed by atoms with E-state index in [4.69, 9.17) is 0 Å². The Morgan fingerprint density at radius 2 is 1.92 bits per heavy atom. The van der Waals surface area contributed by atoms with Gasteiger partial charge < -0.3 is 15.3 Å². The van der Waals surface area contributed by atoms with Crippen molar-refractivity contribution in [1.82, 2.24) is 4.90 Å². The van der Waals surface area contributed by atoms with Crippen LogP contribution in [0.2, 0.25) is 0 Å². The average Bonchev–Trinajstić information content (AvgIpc) is 2.78. The summed E-state index contributed by atoms with van der Waals surface area (Å²) in [6.07, 6.45) is 2.82. The fourth-order valence-corrected chi connectivity index (χ4v) is 4.48. The van der Waals surface area contributed by atoms with Gasteiger partial charge in [-0.1, -0.05) is 0 Å². The molecule has 2 bridgehead atoms. The smallest absolute Gasteiger partial charge is 0.407 e. The fraction of sp³-hybridized carbons (Fsp3) is 0.533. The minimum atomic E-state index is -3.54. The van der Waals surface area contributed by atoms with Crippen molar-refractivity contribution in [3.05, 3.63) is 28.3 Å². The van der Waals surface area contributed by atoms with E-state index in [9.17, 15) is 28.4 Å². The lowest BCUT2D eigenvalue weighted by Crippen LogP contribution is -2.49. The molecule has 136 valence electrons. The zero-order valence-corrected chi connectivity index (χ0v) is 14.4. The standard InChI is InChI=1S/C15H19N3O6S/c1-25(23,24)12-4-5-13(14(8-12)18(21)22)16-9-6-10-2-3-11(7-9)17(10)15(19)20/h4-5,8-11,16H,2-3,6-7H2,1H3,(H,19,20)/t9?,10-,11+. The molecule has 9 nitrogen and oxygen atoms in total. The number of carboxylic acid groups (broad SMARTS) is 1. The van der Waals surface area contributed by atoms with Gasteiger partial charge in [0.2, 0.25) is 0 Å². The zero-order valence-electron chi connectivity index (χ0n) is 13.6. The summed E-state index contributed by atoms with van der Waals surface area (Å²) in [7, 11) is -3.54. The van der Waals surface area contributed by atoms with Crippen LogP contribution in [0.5, 0.6) is 0 Å². The summed E-state index contributed by atoms with van der Waals surface area (Å²) in [5, 5.41) is 23.7. The van der Waals surface area contributed by atoms with E-state index >= 15 is 0 Å². The number of piperidine rings is 1. The first-order chi connectivity index (χ1) is 11.7. The van der Waals surface area contributed by atoms with Crippen molar-refractivity contribution in [3.8, 4) is 0 Å². The molecule has 10 heteroatoms. The van der Waals surface area contributed by atoms with Gasteiger partial charge >= 0.3 is 6.09 Å². The van der Waals surface area contributed by atoms with Crippen molar-refractivity contribution in [1.29, 1.82) is 0 Å². The number of nitro benzene ring substituents is 1. The topological polar surface area (TPSA) is 130 Å². The summed E-state index contributed by atoms with van der Waals surface area (Å²) in [5.41, 5.74) is -0.0403. The van der Waals surface area contributed by atoms with Gasteiger partial charge in [0.1, 0.15) is 5.69 Å². The molecule has 0 spiro atoms. The van der Waals surface area contributed by atoms with Crippen LogP contribution in [0, 0.1) is 10.1 Å². The molecule has 2 saturated heterocycles. The van der Waals surface area contributed by atoms with Crippen LogP contribution < -0.4 is 5.32 Å². The second-order valence-corrected chi connectivity index (χ2v) is 8.61. The average molecular weight is 369 g/mol. The van der Waals surface area contributed by atoms with Gasteiger partial charge in [-0.3, -0.25) is 10.1 Å². The van der Waals surface area contributed by atoms with Crippen LogP contribution in [0.4, 0.5) is 16.2 Å². The Morgan fingerprint density at radius 1 is 1.32 bits per heavy atom. The SMILES string of the molecule is CS(=O)(=O)c1ccc(NC2C[C@H]3CC[C@@H](C2)N3C(=O)O)c([N+](=O)[O-])c1. The monoisotopic (exact) mass is 369 g/mol. The molecule has 2 heterocycles. The normalized spacial score (nSPS) is 25.6. The molecular weight excluding hydrogens is 350 g/mol. The number of nitrogens with zero attached hydrogens (tertiary/aromatic N) is 2. The quantitative estimate of drug-likeness (QED) is 0.614. The molecule has 0 aromatic heterocycles. The highest BCUT2D eigenvalue weighted by atomic mass is 32.2. The summed E-state index contributed by atoms with van der Waals surface area (Å²) in [5.74, 6) is 0. The maximum absolute atomic E-state index is 11.6. The Kier molecular flexibility index (Phi) is 4.31. The minimum absolute atomic E-state index is 0.0805. The van der Waals surface area contributed by atoms with Crippen LogP contribution in [-0.4, -0.2) is 53.8 Å². The number of rotatable bonds is 4. The van der Waals surface area contributed by atoms with Crippen LogP contribution in [0.1, 0.15) is 25.7 Å². The Morgan fingerprint density at radius 3 is 2.40 bits per heavy atom. The van der Waals surface area contributed by atoms with E-state index < -0.39 is 20.9 Å². The van der Waals surface area contributed by atoms with Crippen LogP contribution in [0.3, 0.4) is 0 Å². The highest BCUT2D eigenvalue weighted by Gasteiger charge is 2.43. The molecule has 0 aliphatic carbocycles. The molecule has 0 saturated carbocycles. The van der Waals surface area contributed by atoms with E-state index in [1.165, 1.54) is 17.0 Å². The van der Waals surface area contributed by atoms with Gasteiger partial charge in [-0.05, 0) is 37.8 Å². The van der Waals surface area contributed by atoms with Gasteiger partial charge in [0.05, 0.1) is 9.82 Å². The summed E-state index contributed by atoms with van der Waals surface area (Å²) in [4.78, 5) is 23.4. The fourth-order valence-electron chi connectivity index (χ4n) is 3.84. The van der Waals surface area contributed by atoms with Gasteiger partial charge in [-0.15, -0.1) is 0 Å². The second-order valence-electron chi connectivity index (χ2n) is 6.60. The lowest BCUT2D eigenvalue weighted by Gasteiger charge is -2.37. The summed E-state index contributed by atoms with van der Waals surface area (Å²) < 4.78 is 23.2. The number of hydrogen-bond acceptors (Lipinski definition) is 6. The molecule has 2 fully saturated rings. The first-order valence-electron chi connectivity index (χ1n) is 7.93. The van der Waals surface area contributed by atoms with E-state index in [0.717, 1.165) is 25.2 Å². The first kappa shape index (κ1) is 17.5. The molecule has 2 aliphatic heterocycles. The molecule has 1 aromatic rings. The highest BCUT2D eigenvalue weighted by Crippen LogP contribution is 2.38. The number of anilines is 1. The third kappa shape index (κ3) is 3.39. The zero-order chi connectivity index (χ0) is 18.4. The van der Waals surface area contributed by atoms with Crippen LogP contribution in [0.15, 0.2) is 23.1 Å². The van der Waals surface area contributed by atoms with Crippen molar-refractivity contribution >= 4 is 27.3 Å². The van der Waals surface area contributed by atoms with Gasteiger partial charge in [-0.2, -0.15) is 0 Å². The maximum Gasteiger partial charge on any atom is 0.407 e. The van der Waals surface area contributed by atoms with Crippen molar-refractivity contribution in [3.63, 3.8) is 0 Å². The molecule has 3 rings (SSSR count). The van der Waals surface area contributed by atoms with Crippen molar-refractivity contribution in [2.24, 2.45) is 0 Å². The molecule has 2 aliphatic rings. The predicted octanol–water partition coefficient (Wildman–Crippen LogP) is 2.08. The van der Waals surface area contributed by atoms with Gasteiger partial charge in [0.15, 0.2) is 9.84 Å². The number of carbonyl (C=O) groups is 1. The van der Waals surface area contributed by atoms with Crippen LogP contribution >= 0.6 is 0 Å². The first-order valence-corrected chi connectivity index (χ1v) is 9.82. The summed E-state index contributed by atoms with van der Waals surface area (Å²) in [6, 6.07) is 3.55. The number of fused-ring (bicyclic) bond motifs is 2. The summed E-state index contributed by atoms with van der Waals surface area (Å²) >= 11 is 0. The summed E-state index contributed by atoms with van der Waals surface area (Å²) in [6.45, 7) is 0. The molecule has 25 heavy (non-hydrogen) atoms. The Balaban J connectivity index is 1.82. The number of sulfone groups is 1. The molecule has 1 amide bonds. The number of amides is 1. The second kappa shape index (κ2) is 6.17. The van der Waals surface area contributed by atoms with E-state index in [1.54, 1.807) is 0 Å². The number of benzene rings is 1.